The number of pyridine rings is 1. The zero-order valence-corrected chi connectivity index (χ0v) is 14.3. The third-order valence-electron chi connectivity index (χ3n) is 3.96. The lowest BCUT2D eigenvalue weighted by atomic mass is 10.2. The molecule has 0 spiro atoms. The molecule has 0 radical (unpaired) electrons. The minimum absolute atomic E-state index is 0.00562. The molecule has 2 N–H and O–H groups in total. The lowest BCUT2D eigenvalue weighted by Crippen LogP contribution is -2.33. The van der Waals surface area contributed by atoms with E-state index in [2.05, 4.69) is 15.2 Å². The Morgan fingerprint density at radius 2 is 2.08 bits per heavy atom. The number of anilines is 1. The molecule has 140 valence electrons. The first-order valence-corrected chi connectivity index (χ1v) is 8.32. The summed E-state index contributed by atoms with van der Waals surface area (Å²) in [7, 11) is 0. The molecule has 0 unspecified atom stereocenters. The average Bonchev–Trinajstić information content (AvgIpc) is 2.76. The minimum atomic E-state index is -4.46. The number of carbonyl (C=O) groups is 1. The Bertz CT molecular complexity index is 601. The number of hydrogen-bond acceptors (Lipinski definition) is 4. The van der Waals surface area contributed by atoms with Crippen molar-refractivity contribution in [2.75, 3.05) is 44.2 Å². The largest absolute Gasteiger partial charge is 0.465 e. The molecule has 0 atom stereocenters. The maximum absolute atomic E-state index is 12.7. The molecule has 10 heteroatoms. The summed E-state index contributed by atoms with van der Waals surface area (Å²) in [5, 5.41) is 10.8. The summed E-state index contributed by atoms with van der Waals surface area (Å²) < 4.78 is 38.1. The quantitative estimate of drug-likeness (QED) is 0.769. The van der Waals surface area contributed by atoms with Crippen LogP contribution in [0.4, 0.5) is 23.8 Å². The summed E-state index contributed by atoms with van der Waals surface area (Å²) in [6.45, 7) is 3.95. The van der Waals surface area contributed by atoms with Crippen LogP contribution in [0.1, 0.15) is 18.4 Å². The molecular formula is C15H20ClF3N4O2. The fraction of sp³-hybridized carbons (Fsp3) is 0.600. The van der Waals surface area contributed by atoms with Gasteiger partial charge in [0.25, 0.3) is 0 Å². The monoisotopic (exact) mass is 380 g/mol. The topological polar surface area (TPSA) is 68.7 Å². The highest BCUT2D eigenvalue weighted by atomic mass is 35.5. The van der Waals surface area contributed by atoms with Crippen LogP contribution in [0.2, 0.25) is 5.02 Å². The summed E-state index contributed by atoms with van der Waals surface area (Å²) in [5.41, 5.74) is -0.858. The number of carboxylic acid groups (broad SMARTS) is 1. The normalized spacial score (nSPS) is 16.6. The molecule has 6 nitrogen and oxygen atoms in total. The maximum Gasteiger partial charge on any atom is 0.417 e. The Balaban J connectivity index is 1.91. The van der Waals surface area contributed by atoms with Crippen LogP contribution in [0.25, 0.3) is 0 Å². The molecule has 0 bridgehead atoms. The van der Waals surface area contributed by atoms with Crippen LogP contribution < -0.4 is 10.2 Å². The van der Waals surface area contributed by atoms with E-state index in [1.54, 1.807) is 0 Å². The van der Waals surface area contributed by atoms with E-state index in [0.717, 1.165) is 31.8 Å². The van der Waals surface area contributed by atoms with Crippen LogP contribution in [0, 0.1) is 0 Å². The van der Waals surface area contributed by atoms with E-state index in [1.165, 1.54) is 0 Å². The fourth-order valence-electron chi connectivity index (χ4n) is 2.72. The van der Waals surface area contributed by atoms with Crippen molar-refractivity contribution in [3.8, 4) is 0 Å². The van der Waals surface area contributed by atoms with Gasteiger partial charge < -0.3 is 20.2 Å². The standard InChI is InChI=1S/C15H20ClF3N4O2/c16-12-9-11(15(17,18)19)10-21-13(12)23-6-2-5-22(7-8-23)4-1-3-20-14(24)25/h9-10,20H,1-8H2,(H,24,25). The van der Waals surface area contributed by atoms with E-state index in [4.69, 9.17) is 16.7 Å². The SMILES string of the molecule is O=C(O)NCCCN1CCCN(c2ncc(C(F)(F)F)cc2Cl)CC1. The number of alkyl halides is 3. The molecule has 0 saturated carbocycles. The minimum Gasteiger partial charge on any atom is -0.465 e. The van der Waals surface area contributed by atoms with Crippen LogP contribution in [0.3, 0.4) is 0 Å². The van der Waals surface area contributed by atoms with Crippen molar-refractivity contribution >= 4 is 23.5 Å². The molecule has 2 heterocycles. The van der Waals surface area contributed by atoms with Gasteiger partial charge in [-0.05, 0) is 32.0 Å². The van der Waals surface area contributed by atoms with Crippen molar-refractivity contribution in [2.45, 2.75) is 19.0 Å². The van der Waals surface area contributed by atoms with Crippen molar-refractivity contribution in [3.63, 3.8) is 0 Å². The van der Waals surface area contributed by atoms with E-state index >= 15 is 0 Å². The second-order valence-corrected chi connectivity index (χ2v) is 6.20. The number of rotatable bonds is 5. The van der Waals surface area contributed by atoms with Crippen LogP contribution >= 0.6 is 11.6 Å². The second kappa shape index (κ2) is 8.57. The number of amides is 1. The zero-order valence-electron chi connectivity index (χ0n) is 13.5. The molecule has 0 aromatic carbocycles. The highest BCUT2D eigenvalue weighted by molar-refractivity contribution is 6.33. The number of nitrogens with one attached hydrogen (secondary N) is 1. The van der Waals surface area contributed by atoms with Gasteiger partial charge in [-0.3, -0.25) is 0 Å². The van der Waals surface area contributed by atoms with Gasteiger partial charge in [0.15, 0.2) is 0 Å². The Hall–Kier alpha value is -1.74. The van der Waals surface area contributed by atoms with Gasteiger partial charge >= 0.3 is 12.3 Å². The first-order valence-electron chi connectivity index (χ1n) is 7.94. The van der Waals surface area contributed by atoms with E-state index in [-0.39, 0.29) is 5.02 Å². The highest BCUT2D eigenvalue weighted by Gasteiger charge is 2.32. The number of aromatic nitrogens is 1. The first-order chi connectivity index (χ1) is 11.8. The molecule has 1 amide bonds. The summed E-state index contributed by atoms with van der Waals surface area (Å²) in [6.07, 6.45) is -3.17. The molecule has 0 aliphatic carbocycles. The Labute approximate surface area is 148 Å². The molecule has 25 heavy (non-hydrogen) atoms. The first kappa shape index (κ1) is 19.6. The molecule has 1 fully saturated rings. The lowest BCUT2D eigenvalue weighted by Gasteiger charge is -2.24. The van der Waals surface area contributed by atoms with Gasteiger partial charge in [-0.2, -0.15) is 13.2 Å². The van der Waals surface area contributed by atoms with Gasteiger partial charge in [-0.15, -0.1) is 0 Å². The van der Waals surface area contributed by atoms with Gasteiger partial charge in [0.05, 0.1) is 10.6 Å². The Kier molecular flexibility index (Phi) is 6.71. The molecule has 1 aliphatic rings. The Morgan fingerprint density at radius 1 is 1.32 bits per heavy atom. The summed E-state index contributed by atoms with van der Waals surface area (Å²) in [5.74, 6) is 0.365. The fourth-order valence-corrected chi connectivity index (χ4v) is 3.01. The van der Waals surface area contributed by atoms with Crippen molar-refractivity contribution in [1.82, 2.24) is 15.2 Å². The number of halogens is 4. The van der Waals surface area contributed by atoms with Gasteiger partial charge in [0.2, 0.25) is 0 Å². The lowest BCUT2D eigenvalue weighted by molar-refractivity contribution is -0.137. The predicted molar refractivity (Wildman–Crippen MR) is 88.2 cm³/mol. The van der Waals surface area contributed by atoms with Gasteiger partial charge in [-0.25, -0.2) is 9.78 Å². The van der Waals surface area contributed by atoms with Crippen molar-refractivity contribution in [1.29, 1.82) is 0 Å². The van der Waals surface area contributed by atoms with Crippen LogP contribution in [0.5, 0.6) is 0 Å². The van der Waals surface area contributed by atoms with Gasteiger partial charge in [0, 0.05) is 32.4 Å². The Morgan fingerprint density at radius 3 is 2.72 bits per heavy atom. The zero-order chi connectivity index (χ0) is 18.4. The van der Waals surface area contributed by atoms with Gasteiger partial charge in [0.1, 0.15) is 5.82 Å². The maximum atomic E-state index is 12.7. The summed E-state index contributed by atoms with van der Waals surface area (Å²) in [4.78, 5) is 18.4. The third-order valence-corrected chi connectivity index (χ3v) is 4.24. The molecule has 1 saturated heterocycles. The summed E-state index contributed by atoms with van der Waals surface area (Å²) in [6, 6.07) is 0.907. The number of nitrogens with zero attached hydrogens (tertiary/aromatic N) is 3. The van der Waals surface area contributed by atoms with Crippen molar-refractivity contribution in [3.05, 3.63) is 22.8 Å². The average molecular weight is 381 g/mol. The van der Waals surface area contributed by atoms with E-state index < -0.39 is 17.8 Å². The van der Waals surface area contributed by atoms with E-state index in [1.807, 2.05) is 4.90 Å². The van der Waals surface area contributed by atoms with Crippen LogP contribution in [0.15, 0.2) is 12.3 Å². The van der Waals surface area contributed by atoms with Crippen molar-refractivity contribution in [2.24, 2.45) is 0 Å². The number of hydrogen-bond donors (Lipinski definition) is 2. The van der Waals surface area contributed by atoms with Crippen LogP contribution in [-0.2, 0) is 6.18 Å². The molecule has 1 aromatic heterocycles. The molecule has 1 aromatic rings. The van der Waals surface area contributed by atoms with Crippen LogP contribution in [-0.4, -0.2) is 60.4 Å². The molecule has 2 rings (SSSR count). The molecular weight excluding hydrogens is 361 g/mol. The predicted octanol–water partition coefficient (Wildman–Crippen LogP) is 2.92. The van der Waals surface area contributed by atoms with Gasteiger partial charge in [-0.1, -0.05) is 11.6 Å². The summed E-state index contributed by atoms with van der Waals surface area (Å²) >= 11 is 6.01. The van der Waals surface area contributed by atoms with E-state index in [9.17, 15) is 18.0 Å². The second-order valence-electron chi connectivity index (χ2n) is 5.79. The smallest absolute Gasteiger partial charge is 0.417 e. The van der Waals surface area contributed by atoms with Crippen molar-refractivity contribution < 1.29 is 23.1 Å². The van der Waals surface area contributed by atoms with E-state index in [0.29, 0.717) is 38.4 Å². The third kappa shape index (κ3) is 5.93. The highest BCUT2D eigenvalue weighted by Crippen LogP contribution is 2.33. The molecule has 1 aliphatic heterocycles.